The van der Waals surface area contributed by atoms with E-state index in [1.54, 1.807) is 0 Å². The van der Waals surface area contributed by atoms with Gasteiger partial charge in [-0.3, -0.25) is 4.79 Å². The van der Waals surface area contributed by atoms with Gasteiger partial charge in [-0.05, 0) is 0 Å². The zero-order valence-corrected chi connectivity index (χ0v) is 6.67. The third kappa shape index (κ3) is 1.71. The van der Waals surface area contributed by atoms with Gasteiger partial charge >= 0.3 is 0 Å². The molecule has 0 N–H and O–H groups in total. The molecule has 0 atom stereocenters. The zero-order valence-electron chi connectivity index (χ0n) is 6.67. The second-order valence-electron chi connectivity index (χ2n) is 2.32. The van der Waals surface area contributed by atoms with Crippen LogP contribution >= 0.6 is 0 Å². The molecule has 1 heterocycles. The van der Waals surface area contributed by atoms with Gasteiger partial charge in [0, 0.05) is 6.07 Å². The Balaban J connectivity index is 3.45. The predicted molar refractivity (Wildman–Crippen MR) is 39.3 cm³/mol. The van der Waals surface area contributed by atoms with Crippen LogP contribution in [0.1, 0.15) is 28.2 Å². The first kappa shape index (κ1) is 10.2. The lowest BCUT2D eigenvalue weighted by atomic mass is 10.2. The van der Waals surface area contributed by atoms with Crippen LogP contribution < -0.4 is 0 Å². The number of rotatable bonds is 2. The van der Waals surface area contributed by atoms with E-state index in [1.807, 2.05) is 0 Å². The number of pyridine rings is 1. The molecule has 0 amide bonds. The lowest BCUT2D eigenvalue weighted by molar-refractivity contribution is 0.111. The Morgan fingerprint density at radius 2 is 2.21 bits per heavy atom. The highest BCUT2D eigenvalue weighted by atomic mass is 19.3. The van der Waals surface area contributed by atoms with Crippen LogP contribution in [-0.4, -0.2) is 11.3 Å². The highest BCUT2D eigenvalue weighted by Crippen LogP contribution is 2.22. The molecule has 0 aliphatic rings. The summed E-state index contributed by atoms with van der Waals surface area (Å²) in [5.41, 5.74) is -2.29. The minimum absolute atomic E-state index is 0.135. The SMILES string of the molecule is N#Cc1c(F)cc(C=O)nc1C(F)F. The molecule has 14 heavy (non-hydrogen) atoms. The molecule has 1 rings (SSSR count). The fraction of sp³-hybridized carbons (Fsp3) is 0.125. The van der Waals surface area contributed by atoms with Gasteiger partial charge in [-0.2, -0.15) is 5.26 Å². The molecule has 0 bridgehead atoms. The van der Waals surface area contributed by atoms with Crippen LogP contribution in [-0.2, 0) is 0 Å². The molecule has 72 valence electrons. The Morgan fingerprint density at radius 3 is 2.64 bits per heavy atom. The number of carbonyl (C=O) groups is 1. The van der Waals surface area contributed by atoms with Gasteiger partial charge in [0.05, 0.1) is 0 Å². The van der Waals surface area contributed by atoms with Crippen molar-refractivity contribution in [2.45, 2.75) is 6.43 Å². The van der Waals surface area contributed by atoms with Crippen LogP contribution in [0.5, 0.6) is 0 Å². The first-order valence-electron chi connectivity index (χ1n) is 3.44. The van der Waals surface area contributed by atoms with E-state index in [-0.39, 0.29) is 6.29 Å². The number of hydrogen-bond donors (Lipinski definition) is 0. The smallest absolute Gasteiger partial charge is 0.281 e. The minimum atomic E-state index is -3.08. The van der Waals surface area contributed by atoms with E-state index in [2.05, 4.69) is 4.98 Å². The number of hydrogen-bond acceptors (Lipinski definition) is 3. The Hall–Kier alpha value is -1.90. The highest BCUT2D eigenvalue weighted by molar-refractivity contribution is 5.72. The molecule has 0 aliphatic carbocycles. The number of nitriles is 1. The van der Waals surface area contributed by atoms with E-state index < -0.39 is 29.2 Å². The average Bonchev–Trinajstić information content (AvgIpc) is 2.16. The van der Waals surface area contributed by atoms with Crippen LogP contribution in [0.3, 0.4) is 0 Å². The summed E-state index contributed by atoms with van der Waals surface area (Å²) in [7, 11) is 0. The molecular formula is C8H3F3N2O. The lowest BCUT2D eigenvalue weighted by Gasteiger charge is -2.02. The van der Waals surface area contributed by atoms with E-state index in [4.69, 9.17) is 5.26 Å². The largest absolute Gasteiger partial charge is 0.296 e. The molecule has 0 unspecified atom stereocenters. The van der Waals surface area contributed by atoms with Crippen LogP contribution in [0.2, 0.25) is 0 Å². The quantitative estimate of drug-likeness (QED) is 0.684. The van der Waals surface area contributed by atoms with Crippen molar-refractivity contribution >= 4 is 6.29 Å². The van der Waals surface area contributed by atoms with Crippen molar-refractivity contribution in [3.8, 4) is 6.07 Å². The van der Waals surface area contributed by atoms with Gasteiger partial charge in [0.1, 0.15) is 28.8 Å². The molecule has 0 spiro atoms. The number of alkyl halides is 2. The lowest BCUT2D eigenvalue weighted by Crippen LogP contribution is -2.02. The summed E-state index contributed by atoms with van der Waals surface area (Å²) < 4.78 is 37.3. The van der Waals surface area contributed by atoms with Gasteiger partial charge in [-0.1, -0.05) is 0 Å². The molecule has 0 saturated heterocycles. The van der Waals surface area contributed by atoms with Crippen LogP contribution in [0.4, 0.5) is 13.2 Å². The minimum Gasteiger partial charge on any atom is -0.296 e. The van der Waals surface area contributed by atoms with Gasteiger partial charge in [-0.25, -0.2) is 18.2 Å². The first-order valence-corrected chi connectivity index (χ1v) is 3.44. The Bertz CT molecular complexity index is 412. The Labute approximate surface area is 76.8 Å². The summed E-state index contributed by atoms with van der Waals surface area (Å²) in [6.45, 7) is 0. The van der Waals surface area contributed by atoms with E-state index in [9.17, 15) is 18.0 Å². The van der Waals surface area contributed by atoms with Crippen LogP contribution in [0.15, 0.2) is 6.07 Å². The van der Waals surface area contributed by atoms with Crippen LogP contribution in [0.25, 0.3) is 0 Å². The molecule has 0 aromatic carbocycles. The first-order chi connectivity index (χ1) is 6.60. The molecule has 1 aromatic rings. The average molecular weight is 200 g/mol. The van der Waals surface area contributed by atoms with Gasteiger partial charge in [0.25, 0.3) is 6.43 Å². The van der Waals surface area contributed by atoms with Crippen molar-refractivity contribution in [3.05, 3.63) is 28.8 Å². The monoisotopic (exact) mass is 200 g/mol. The van der Waals surface area contributed by atoms with Crippen molar-refractivity contribution in [2.75, 3.05) is 0 Å². The van der Waals surface area contributed by atoms with Gasteiger partial charge < -0.3 is 0 Å². The Kier molecular flexibility index (Phi) is 2.82. The topological polar surface area (TPSA) is 53.8 Å². The highest BCUT2D eigenvalue weighted by Gasteiger charge is 2.19. The molecule has 0 saturated carbocycles. The second kappa shape index (κ2) is 3.87. The van der Waals surface area contributed by atoms with Crippen LogP contribution in [0, 0.1) is 17.1 Å². The van der Waals surface area contributed by atoms with Crippen molar-refractivity contribution in [2.24, 2.45) is 0 Å². The Morgan fingerprint density at radius 1 is 1.57 bits per heavy atom. The summed E-state index contributed by atoms with van der Waals surface area (Å²) in [5.74, 6) is -1.17. The number of aromatic nitrogens is 1. The summed E-state index contributed by atoms with van der Waals surface area (Å²) in [5, 5.41) is 8.36. The summed E-state index contributed by atoms with van der Waals surface area (Å²) >= 11 is 0. The van der Waals surface area contributed by atoms with Crippen molar-refractivity contribution in [1.82, 2.24) is 4.98 Å². The van der Waals surface area contributed by atoms with E-state index in [1.165, 1.54) is 6.07 Å². The summed E-state index contributed by atoms with van der Waals surface area (Å²) in [4.78, 5) is 13.3. The molecule has 1 aromatic heterocycles. The maximum Gasteiger partial charge on any atom is 0.281 e. The molecule has 6 heteroatoms. The molecule has 0 fully saturated rings. The van der Waals surface area contributed by atoms with Gasteiger partial charge in [-0.15, -0.1) is 0 Å². The van der Waals surface area contributed by atoms with E-state index in [0.717, 1.165) is 0 Å². The van der Waals surface area contributed by atoms with Crippen molar-refractivity contribution < 1.29 is 18.0 Å². The summed E-state index contributed by atoms with van der Waals surface area (Å²) in [6.07, 6.45) is -2.95. The van der Waals surface area contributed by atoms with Crippen molar-refractivity contribution in [3.63, 3.8) is 0 Å². The van der Waals surface area contributed by atoms with Gasteiger partial charge in [0.2, 0.25) is 0 Å². The second-order valence-corrected chi connectivity index (χ2v) is 2.32. The number of carbonyl (C=O) groups excluding carboxylic acids is 1. The fourth-order valence-corrected chi connectivity index (χ4v) is 0.881. The normalized spacial score (nSPS) is 9.93. The number of halogens is 3. The maximum atomic E-state index is 12.9. The number of aldehydes is 1. The standard InChI is InChI=1S/C8H3F3N2O/c9-6-1-4(3-14)13-7(8(10)11)5(6)2-12/h1,3,8H. The molecule has 0 aliphatic heterocycles. The third-order valence-corrected chi connectivity index (χ3v) is 1.46. The van der Waals surface area contributed by atoms with E-state index in [0.29, 0.717) is 6.07 Å². The maximum absolute atomic E-state index is 12.9. The molecule has 0 radical (unpaired) electrons. The molecule has 3 nitrogen and oxygen atoms in total. The predicted octanol–water partition coefficient (Wildman–Crippen LogP) is 1.84. The summed E-state index contributed by atoms with van der Waals surface area (Å²) in [6, 6.07) is 1.90. The van der Waals surface area contributed by atoms with E-state index >= 15 is 0 Å². The number of nitrogens with zero attached hydrogens (tertiary/aromatic N) is 2. The molecular weight excluding hydrogens is 197 g/mol. The fourth-order valence-electron chi connectivity index (χ4n) is 0.881. The third-order valence-electron chi connectivity index (χ3n) is 1.46. The van der Waals surface area contributed by atoms with Gasteiger partial charge in [0.15, 0.2) is 6.29 Å². The van der Waals surface area contributed by atoms with Crippen molar-refractivity contribution in [1.29, 1.82) is 5.26 Å². The zero-order chi connectivity index (χ0) is 10.7.